The molecule has 0 bridgehead atoms. The Labute approximate surface area is 161 Å². The Balaban J connectivity index is 1.68. The molecule has 0 fully saturated rings. The Morgan fingerprint density at radius 2 is 1.71 bits per heavy atom. The maximum atomic E-state index is 12.8. The molecule has 0 unspecified atom stereocenters. The van der Waals surface area contributed by atoms with Gasteiger partial charge in [-0.3, -0.25) is 4.79 Å². The number of rotatable bonds is 3. The molecule has 0 saturated carbocycles. The van der Waals surface area contributed by atoms with Crippen molar-refractivity contribution in [2.24, 2.45) is 0 Å². The summed E-state index contributed by atoms with van der Waals surface area (Å²) in [5.41, 5.74) is 3.60. The molecule has 28 heavy (non-hydrogen) atoms. The van der Waals surface area contributed by atoms with Crippen LogP contribution < -0.4 is 11.0 Å². The van der Waals surface area contributed by atoms with Crippen LogP contribution in [-0.4, -0.2) is 25.7 Å². The Morgan fingerprint density at radius 3 is 2.43 bits per heavy atom. The van der Waals surface area contributed by atoms with Crippen LogP contribution in [0.15, 0.2) is 59.4 Å². The summed E-state index contributed by atoms with van der Waals surface area (Å²) in [6.07, 6.45) is 0. The summed E-state index contributed by atoms with van der Waals surface area (Å²) in [6.45, 7) is 6.25. The van der Waals surface area contributed by atoms with Gasteiger partial charge in [-0.15, -0.1) is 0 Å². The highest BCUT2D eigenvalue weighted by molar-refractivity contribution is 6.03. The van der Waals surface area contributed by atoms with E-state index in [1.54, 1.807) is 18.2 Å². The molecule has 0 atom stereocenters. The summed E-state index contributed by atoms with van der Waals surface area (Å²) < 4.78 is 1.81. The van der Waals surface area contributed by atoms with E-state index >= 15 is 0 Å². The minimum atomic E-state index is -0.308. The zero-order valence-electron chi connectivity index (χ0n) is 15.9. The molecule has 142 valence electrons. The number of imidazole rings is 1. The van der Waals surface area contributed by atoms with Gasteiger partial charge in [0.1, 0.15) is 0 Å². The Morgan fingerprint density at radius 1 is 1.00 bits per heavy atom. The molecule has 0 radical (unpaired) electrons. The van der Waals surface area contributed by atoms with Gasteiger partial charge in [0, 0.05) is 11.1 Å². The molecular formula is C21H21N5O2. The molecule has 2 aromatic heterocycles. The lowest BCUT2D eigenvalue weighted by atomic mass is 9.91. The average molecular weight is 375 g/mol. The van der Waals surface area contributed by atoms with Gasteiger partial charge < -0.3 is 15.3 Å². The Bertz CT molecular complexity index is 1210. The predicted molar refractivity (Wildman–Crippen MR) is 109 cm³/mol. The standard InChI is InChI=1S/C21H21N5O2/c1-21(2,3)18-12-17(25-26(18)14-7-5-4-6-8-14)19(27)22-13-9-10-15-16(11-13)24-20(28)23-15/h4-12H,1-3H3,(H,22,27)(H2,23,24,28). The number of hydrogen-bond acceptors (Lipinski definition) is 3. The van der Waals surface area contributed by atoms with E-state index < -0.39 is 0 Å². The summed E-state index contributed by atoms with van der Waals surface area (Å²) >= 11 is 0. The fourth-order valence-corrected chi connectivity index (χ4v) is 3.10. The van der Waals surface area contributed by atoms with Crippen LogP contribution in [0.3, 0.4) is 0 Å². The van der Waals surface area contributed by atoms with Crippen molar-refractivity contribution in [3.05, 3.63) is 76.5 Å². The van der Waals surface area contributed by atoms with Crippen LogP contribution in [0.2, 0.25) is 0 Å². The van der Waals surface area contributed by atoms with E-state index in [-0.39, 0.29) is 17.0 Å². The van der Waals surface area contributed by atoms with Gasteiger partial charge in [-0.2, -0.15) is 5.10 Å². The number of anilines is 1. The predicted octanol–water partition coefficient (Wildman–Crippen LogP) is 3.59. The SMILES string of the molecule is CC(C)(C)c1cc(C(=O)Nc2ccc3[nH]c(=O)[nH]c3c2)nn1-c1ccccc1. The first kappa shape index (κ1) is 17.8. The number of amides is 1. The summed E-state index contributed by atoms with van der Waals surface area (Å²) in [4.78, 5) is 29.6. The van der Waals surface area contributed by atoms with E-state index in [4.69, 9.17) is 0 Å². The van der Waals surface area contributed by atoms with Crippen molar-refractivity contribution in [1.29, 1.82) is 0 Å². The Kier molecular flexibility index (Phi) is 4.15. The van der Waals surface area contributed by atoms with Crippen molar-refractivity contribution in [3.8, 4) is 5.69 Å². The zero-order valence-corrected chi connectivity index (χ0v) is 15.9. The van der Waals surface area contributed by atoms with Crippen LogP contribution >= 0.6 is 0 Å². The number of carbonyl (C=O) groups excluding carboxylic acids is 1. The lowest BCUT2D eigenvalue weighted by Crippen LogP contribution is -2.17. The summed E-state index contributed by atoms with van der Waals surface area (Å²) in [5, 5.41) is 7.40. The first-order valence-electron chi connectivity index (χ1n) is 9.01. The fourth-order valence-electron chi connectivity index (χ4n) is 3.10. The monoisotopic (exact) mass is 375 g/mol. The number of nitrogens with one attached hydrogen (secondary N) is 3. The topological polar surface area (TPSA) is 95.6 Å². The third kappa shape index (κ3) is 3.34. The van der Waals surface area contributed by atoms with E-state index in [1.807, 2.05) is 41.1 Å². The van der Waals surface area contributed by atoms with E-state index in [1.165, 1.54) is 0 Å². The van der Waals surface area contributed by atoms with Crippen LogP contribution in [0.1, 0.15) is 37.0 Å². The molecule has 7 heteroatoms. The second-order valence-electron chi connectivity index (χ2n) is 7.71. The van der Waals surface area contributed by atoms with Gasteiger partial charge in [0.25, 0.3) is 5.91 Å². The van der Waals surface area contributed by atoms with Crippen molar-refractivity contribution in [1.82, 2.24) is 19.7 Å². The molecule has 0 aliphatic carbocycles. The van der Waals surface area contributed by atoms with Gasteiger partial charge in [0.2, 0.25) is 0 Å². The first-order valence-corrected chi connectivity index (χ1v) is 9.01. The molecule has 0 saturated heterocycles. The van der Waals surface area contributed by atoms with Gasteiger partial charge in [-0.1, -0.05) is 39.0 Å². The van der Waals surface area contributed by atoms with E-state index in [0.717, 1.165) is 11.4 Å². The number of aromatic amines is 2. The van der Waals surface area contributed by atoms with Gasteiger partial charge in [0.05, 0.1) is 22.4 Å². The number of aromatic nitrogens is 4. The van der Waals surface area contributed by atoms with Crippen molar-refractivity contribution < 1.29 is 4.79 Å². The third-order valence-corrected chi connectivity index (χ3v) is 4.49. The van der Waals surface area contributed by atoms with Gasteiger partial charge in [0.15, 0.2) is 5.69 Å². The fraction of sp³-hybridized carbons (Fsp3) is 0.190. The van der Waals surface area contributed by atoms with Crippen molar-refractivity contribution in [3.63, 3.8) is 0 Å². The number of nitrogens with zero attached hydrogens (tertiary/aromatic N) is 2. The quantitative estimate of drug-likeness (QED) is 0.511. The summed E-state index contributed by atoms with van der Waals surface area (Å²) in [5.74, 6) is -0.308. The van der Waals surface area contributed by atoms with Crippen LogP contribution in [0, 0.1) is 0 Å². The molecule has 2 aromatic carbocycles. The normalized spacial score (nSPS) is 11.7. The number of benzene rings is 2. The molecule has 4 aromatic rings. The third-order valence-electron chi connectivity index (χ3n) is 4.49. The molecule has 0 aliphatic rings. The number of carbonyl (C=O) groups is 1. The smallest absolute Gasteiger partial charge is 0.321 e. The molecule has 4 rings (SSSR count). The Hall–Kier alpha value is -3.61. The number of H-pyrrole nitrogens is 2. The zero-order chi connectivity index (χ0) is 19.9. The average Bonchev–Trinajstić information content (AvgIpc) is 3.25. The highest BCUT2D eigenvalue weighted by Crippen LogP contribution is 2.26. The van der Waals surface area contributed by atoms with Crippen LogP contribution in [0.4, 0.5) is 5.69 Å². The van der Waals surface area contributed by atoms with Crippen molar-refractivity contribution in [2.45, 2.75) is 26.2 Å². The lowest BCUT2D eigenvalue weighted by Gasteiger charge is -2.20. The molecule has 1 amide bonds. The molecule has 7 nitrogen and oxygen atoms in total. The minimum Gasteiger partial charge on any atom is -0.321 e. The molecular weight excluding hydrogens is 354 g/mol. The maximum absolute atomic E-state index is 12.8. The van der Waals surface area contributed by atoms with Crippen LogP contribution in [-0.2, 0) is 5.41 Å². The molecule has 0 aliphatic heterocycles. The first-order chi connectivity index (χ1) is 13.3. The lowest BCUT2D eigenvalue weighted by molar-refractivity contribution is 0.102. The highest BCUT2D eigenvalue weighted by atomic mass is 16.2. The highest BCUT2D eigenvalue weighted by Gasteiger charge is 2.24. The second kappa shape index (κ2) is 6.53. The summed E-state index contributed by atoms with van der Waals surface area (Å²) in [7, 11) is 0. The largest absolute Gasteiger partial charge is 0.323 e. The minimum absolute atomic E-state index is 0.190. The number of hydrogen-bond donors (Lipinski definition) is 3. The van der Waals surface area contributed by atoms with E-state index in [0.29, 0.717) is 22.4 Å². The van der Waals surface area contributed by atoms with Crippen molar-refractivity contribution >= 4 is 22.6 Å². The van der Waals surface area contributed by atoms with E-state index in [2.05, 4.69) is 41.2 Å². The number of para-hydroxylation sites is 1. The second-order valence-corrected chi connectivity index (χ2v) is 7.71. The van der Waals surface area contributed by atoms with Gasteiger partial charge in [-0.25, -0.2) is 9.48 Å². The molecule has 3 N–H and O–H groups in total. The van der Waals surface area contributed by atoms with Crippen LogP contribution in [0.25, 0.3) is 16.7 Å². The van der Waals surface area contributed by atoms with Crippen LogP contribution in [0.5, 0.6) is 0 Å². The molecule has 0 spiro atoms. The number of fused-ring (bicyclic) bond motifs is 1. The van der Waals surface area contributed by atoms with Gasteiger partial charge in [-0.05, 0) is 36.4 Å². The van der Waals surface area contributed by atoms with Crippen molar-refractivity contribution in [2.75, 3.05) is 5.32 Å². The van der Waals surface area contributed by atoms with E-state index in [9.17, 15) is 9.59 Å². The molecule has 2 heterocycles. The summed E-state index contributed by atoms with van der Waals surface area (Å²) in [6, 6.07) is 16.8. The van der Waals surface area contributed by atoms with Gasteiger partial charge >= 0.3 is 5.69 Å². The maximum Gasteiger partial charge on any atom is 0.323 e.